The first-order valence-electron chi connectivity index (χ1n) is 7.98. The van der Waals surface area contributed by atoms with Crippen molar-refractivity contribution in [3.05, 3.63) is 52.8 Å². The Kier molecular flexibility index (Phi) is 3.31. The van der Waals surface area contributed by atoms with Crippen LogP contribution < -0.4 is 4.90 Å². The van der Waals surface area contributed by atoms with Crippen LogP contribution in [0.1, 0.15) is 39.0 Å². The van der Waals surface area contributed by atoms with Gasteiger partial charge in [-0.3, -0.25) is 9.59 Å². The molecule has 1 fully saturated rings. The summed E-state index contributed by atoms with van der Waals surface area (Å²) in [5.74, 6) is 0.480. The standard InChI is InChI=1S/C18H18N2O3/c1-2-19-7-9-20(10-8-19)15-11-14-16(21)12-5-3-4-6-13(12)17(22)18(14)23-15/h3-6,11H,2,7-10H2,1H3. The van der Waals surface area contributed by atoms with Crippen LogP contribution in [0.3, 0.4) is 0 Å². The Morgan fingerprint density at radius 3 is 2.26 bits per heavy atom. The summed E-state index contributed by atoms with van der Waals surface area (Å²) in [6, 6.07) is 8.65. The molecule has 0 radical (unpaired) electrons. The summed E-state index contributed by atoms with van der Waals surface area (Å²) in [4.78, 5) is 29.7. The fourth-order valence-electron chi connectivity index (χ4n) is 3.30. The molecule has 1 aromatic heterocycles. The molecule has 4 rings (SSSR count). The molecule has 0 spiro atoms. The van der Waals surface area contributed by atoms with Gasteiger partial charge in [0.1, 0.15) is 0 Å². The van der Waals surface area contributed by atoms with Crippen LogP contribution in [0.4, 0.5) is 5.88 Å². The summed E-state index contributed by atoms with van der Waals surface area (Å²) in [5, 5.41) is 0. The minimum absolute atomic E-state index is 0.127. The van der Waals surface area contributed by atoms with Crippen molar-refractivity contribution in [2.45, 2.75) is 6.92 Å². The highest BCUT2D eigenvalue weighted by Gasteiger charge is 2.34. The summed E-state index contributed by atoms with van der Waals surface area (Å²) >= 11 is 0. The molecule has 1 aliphatic carbocycles. The van der Waals surface area contributed by atoms with Crippen LogP contribution in [0.5, 0.6) is 0 Å². The van der Waals surface area contributed by atoms with Crippen molar-refractivity contribution in [2.75, 3.05) is 37.6 Å². The predicted molar refractivity (Wildman–Crippen MR) is 86.3 cm³/mol. The maximum absolute atomic E-state index is 12.6. The second-order valence-electron chi connectivity index (χ2n) is 5.95. The average Bonchev–Trinajstić information content (AvgIpc) is 3.05. The number of rotatable bonds is 2. The first-order valence-corrected chi connectivity index (χ1v) is 7.98. The molecule has 23 heavy (non-hydrogen) atoms. The van der Waals surface area contributed by atoms with Gasteiger partial charge in [-0.15, -0.1) is 0 Å². The summed E-state index contributed by atoms with van der Waals surface area (Å²) in [7, 11) is 0. The Bertz CT molecular complexity index is 733. The minimum atomic E-state index is -0.200. The highest BCUT2D eigenvalue weighted by molar-refractivity contribution is 6.27. The van der Waals surface area contributed by atoms with Gasteiger partial charge in [0.15, 0.2) is 17.4 Å². The zero-order valence-electron chi connectivity index (χ0n) is 13.0. The van der Waals surface area contributed by atoms with Crippen molar-refractivity contribution in [1.29, 1.82) is 0 Å². The number of ketones is 2. The maximum atomic E-state index is 12.6. The van der Waals surface area contributed by atoms with Crippen molar-refractivity contribution < 1.29 is 14.0 Å². The quantitative estimate of drug-likeness (QED) is 0.726. The molecule has 0 N–H and O–H groups in total. The van der Waals surface area contributed by atoms with E-state index in [0.717, 1.165) is 32.7 Å². The molecule has 0 unspecified atom stereocenters. The first kappa shape index (κ1) is 14.2. The van der Waals surface area contributed by atoms with E-state index in [2.05, 4.69) is 16.7 Å². The van der Waals surface area contributed by atoms with Crippen LogP contribution in [-0.2, 0) is 0 Å². The van der Waals surface area contributed by atoms with Gasteiger partial charge in [-0.2, -0.15) is 0 Å². The largest absolute Gasteiger partial charge is 0.436 e. The van der Waals surface area contributed by atoms with E-state index in [-0.39, 0.29) is 17.3 Å². The molecular formula is C18H18N2O3. The predicted octanol–water partition coefficient (Wildman–Crippen LogP) is 2.20. The number of fused-ring (bicyclic) bond motifs is 2. The maximum Gasteiger partial charge on any atom is 0.229 e. The highest BCUT2D eigenvalue weighted by atomic mass is 16.4. The zero-order valence-corrected chi connectivity index (χ0v) is 13.0. The fraction of sp³-hybridized carbons (Fsp3) is 0.333. The van der Waals surface area contributed by atoms with Crippen molar-refractivity contribution in [3.63, 3.8) is 0 Å². The smallest absolute Gasteiger partial charge is 0.229 e. The summed E-state index contributed by atoms with van der Waals surface area (Å²) < 4.78 is 5.79. The van der Waals surface area contributed by atoms with Gasteiger partial charge in [-0.1, -0.05) is 31.2 Å². The Balaban J connectivity index is 1.68. The van der Waals surface area contributed by atoms with Crippen LogP contribution in [0.25, 0.3) is 0 Å². The number of nitrogens with zero attached hydrogens (tertiary/aromatic N) is 2. The van der Waals surface area contributed by atoms with Gasteiger partial charge in [0.25, 0.3) is 0 Å². The molecule has 2 aliphatic rings. The lowest BCUT2D eigenvalue weighted by atomic mass is 9.89. The number of carbonyl (C=O) groups excluding carboxylic acids is 2. The van der Waals surface area contributed by atoms with Gasteiger partial charge in [0.05, 0.1) is 5.56 Å². The summed E-state index contributed by atoms with van der Waals surface area (Å²) in [5.41, 5.74) is 1.29. The van der Waals surface area contributed by atoms with Gasteiger partial charge >= 0.3 is 0 Å². The van der Waals surface area contributed by atoms with E-state index < -0.39 is 0 Å². The third kappa shape index (κ3) is 2.19. The zero-order chi connectivity index (χ0) is 16.0. The molecule has 5 heteroatoms. The van der Waals surface area contributed by atoms with E-state index in [0.29, 0.717) is 22.6 Å². The number of anilines is 1. The number of benzene rings is 1. The Labute approximate surface area is 134 Å². The Hall–Kier alpha value is -2.40. The summed E-state index contributed by atoms with van der Waals surface area (Å²) in [6.07, 6.45) is 0. The molecule has 1 saturated heterocycles. The average molecular weight is 310 g/mol. The van der Waals surface area contributed by atoms with Crippen LogP contribution in [0.15, 0.2) is 34.7 Å². The van der Waals surface area contributed by atoms with Gasteiger partial charge in [0, 0.05) is 43.4 Å². The fourth-order valence-corrected chi connectivity index (χ4v) is 3.30. The molecule has 0 amide bonds. The van der Waals surface area contributed by atoms with E-state index in [1.807, 2.05) is 0 Å². The van der Waals surface area contributed by atoms with E-state index in [4.69, 9.17) is 4.42 Å². The lowest BCUT2D eigenvalue weighted by molar-refractivity contribution is 0.0960. The lowest BCUT2D eigenvalue weighted by Gasteiger charge is -2.33. The Morgan fingerprint density at radius 1 is 0.957 bits per heavy atom. The SMILES string of the molecule is CCN1CCN(c2cc3c(o2)C(=O)c2ccccc2C3=O)CC1. The van der Waals surface area contributed by atoms with Crippen molar-refractivity contribution >= 4 is 17.5 Å². The van der Waals surface area contributed by atoms with Crippen LogP contribution in [0.2, 0.25) is 0 Å². The molecule has 2 heterocycles. The van der Waals surface area contributed by atoms with Gasteiger partial charge in [0.2, 0.25) is 5.78 Å². The van der Waals surface area contributed by atoms with Crippen molar-refractivity contribution in [3.8, 4) is 0 Å². The third-order valence-corrected chi connectivity index (χ3v) is 4.72. The molecule has 0 atom stereocenters. The first-order chi connectivity index (χ1) is 11.2. The molecule has 0 saturated carbocycles. The Morgan fingerprint density at radius 2 is 1.61 bits per heavy atom. The topological polar surface area (TPSA) is 53.8 Å². The number of furan rings is 1. The molecule has 5 nitrogen and oxygen atoms in total. The third-order valence-electron chi connectivity index (χ3n) is 4.72. The lowest BCUT2D eigenvalue weighted by Crippen LogP contribution is -2.46. The monoisotopic (exact) mass is 310 g/mol. The normalized spacial score (nSPS) is 18.0. The second-order valence-corrected chi connectivity index (χ2v) is 5.95. The van der Waals surface area contributed by atoms with E-state index >= 15 is 0 Å². The molecule has 118 valence electrons. The minimum Gasteiger partial charge on any atom is -0.436 e. The highest BCUT2D eigenvalue weighted by Crippen LogP contribution is 2.33. The van der Waals surface area contributed by atoms with E-state index in [1.165, 1.54) is 0 Å². The van der Waals surface area contributed by atoms with Gasteiger partial charge in [-0.25, -0.2) is 0 Å². The van der Waals surface area contributed by atoms with Crippen LogP contribution >= 0.6 is 0 Å². The van der Waals surface area contributed by atoms with Crippen LogP contribution in [-0.4, -0.2) is 49.2 Å². The van der Waals surface area contributed by atoms with E-state index in [9.17, 15) is 9.59 Å². The molecule has 0 bridgehead atoms. The number of carbonyl (C=O) groups is 2. The second kappa shape index (κ2) is 5.35. The van der Waals surface area contributed by atoms with Crippen LogP contribution in [0, 0.1) is 0 Å². The number of hydrogen-bond acceptors (Lipinski definition) is 5. The number of piperazine rings is 1. The number of hydrogen-bond donors (Lipinski definition) is 0. The van der Waals surface area contributed by atoms with Crippen molar-refractivity contribution in [1.82, 2.24) is 4.90 Å². The van der Waals surface area contributed by atoms with Gasteiger partial charge in [-0.05, 0) is 6.54 Å². The molecular weight excluding hydrogens is 292 g/mol. The molecule has 1 aliphatic heterocycles. The molecule has 1 aromatic carbocycles. The summed E-state index contributed by atoms with van der Waals surface area (Å²) in [6.45, 7) is 6.80. The molecule has 2 aromatic rings. The van der Waals surface area contributed by atoms with E-state index in [1.54, 1.807) is 30.3 Å². The van der Waals surface area contributed by atoms with Gasteiger partial charge < -0.3 is 14.2 Å². The number of likely N-dealkylation sites (N-methyl/N-ethyl adjacent to an activating group) is 1. The van der Waals surface area contributed by atoms with Crippen molar-refractivity contribution in [2.24, 2.45) is 0 Å².